The first kappa shape index (κ1) is 18.5. The van der Waals surface area contributed by atoms with Crippen LogP contribution in [0.4, 0.5) is 0 Å². The lowest BCUT2D eigenvalue weighted by Gasteiger charge is -2.28. The van der Waals surface area contributed by atoms with Gasteiger partial charge in [0, 0.05) is 54.9 Å². The van der Waals surface area contributed by atoms with Crippen molar-refractivity contribution in [3.8, 4) is 0 Å². The van der Waals surface area contributed by atoms with Crippen molar-refractivity contribution >= 4 is 28.3 Å². The fraction of sp³-hybridized carbons (Fsp3) is 0.364. The Hall–Kier alpha value is -2.57. The standard InChI is InChI=1S/C22H21ClN4O2/c23-16-4-5-20-17(9-16)21(28)15(13-29-20)12-27-8-6-18-14(11-27)10-25-22(26-18)19-3-1-2-7-24-19/h4-5,9-10,13H,1-3,6-8,11-12H2. The molecule has 148 valence electrons. The van der Waals surface area contributed by atoms with Crippen molar-refractivity contribution in [1.29, 1.82) is 0 Å². The summed E-state index contributed by atoms with van der Waals surface area (Å²) in [4.78, 5) is 29.0. The number of aromatic nitrogens is 2. The summed E-state index contributed by atoms with van der Waals surface area (Å²) in [5.74, 6) is 0.781. The summed E-state index contributed by atoms with van der Waals surface area (Å²) < 4.78 is 5.65. The molecule has 0 radical (unpaired) electrons. The van der Waals surface area contributed by atoms with Gasteiger partial charge in [0.25, 0.3) is 0 Å². The molecule has 29 heavy (non-hydrogen) atoms. The van der Waals surface area contributed by atoms with E-state index >= 15 is 0 Å². The number of fused-ring (bicyclic) bond motifs is 2. The molecule has 2 aromatic heterocycles. The molecular weight excluding hydrogens is 388 g/mol. The second kappa shape index (κ2) is 7.69. The number of aliphatic imine (C=N–C) groups is 1. The van der Waals surface area contributed by atoms with E-state index in [1.807, 2.05) is 6.20 Å². The molecule has 0 saturated carbocycles. The molecule has 0 atom stereocenters. The smallest absolute Gasteiger partial charge is 0.197 e. The van der Waals surface area contributed by atoms with Crippen molar-refractivity contribution in [1.82, 2.24) is 14.9 Å². The Morgan fingerprint density at radius 2 is 2.14 bits per heavy atom. The molecule has 0 amide bonds. The first-order chi connectivity index (χ1) is 14.2. The minimum atomic E-state index is -0.0264. The molecule has 2 aliphatic heterocycles. The maximum absolute atomic E-state index is 12.8. The fourth-order valence-corrected chi connectivity index (χ4v) is 4.19. The van der Waals surface area contributed by atoms with Crippen LogP contribution < -0.4 is 5.43 Å². The summed E-state index contributed by atoms with van der Waals surface area (Å²) in [6.45, 7) is 2.96. The van der Waals surface area contributed by atoms with Crippen molar-refractivity contribution < 1.29 is 4.42 Å². The van der Waals surface area contributed by atoms with Crippen LogP contribution in [0.5, 0.6) is 0 Å². The number of halogens is 1. The summed E-state index contributed by atoms with van der Waals surface area (Å²) in [7, 11) is 0. The van der Waals surface area contributed by atoms with Crippen LogP contribution in [0.3, 0.4) is 0 Å². The Bertz CT molecular complexity index is 1170. The number of nitrogens with zero attached hydrogens (tertiary/aromatic N) is 4. The van der Waals surface area contributed by atoms with Gasteiger partial charge in [0.05, 0.1) is 23.1 Å². The Morgan fingerprint density at radius 3 is 3.00 bits per heavy atom. The van der Waals surface area contributed by atoms with Crippen LogP contribution in [0, 0.1) is 0 Å². The summed E-state index contributed by atoms with van der Waals surface area (Å²) in [6, 6.07) is 5.12. The van der Waals surface area contributed by atoms with Gasteiger partial charge >= 0.3 is 0 Å². The van der Waals surface area contributed by atoms with Gasteiger partial charge < -0.3 is 4.42 Å². The second-order valence-corrected chi connectivity index (χ2v) is 8.08. The van der Waals surface area contributed by atoms with E-state index < -0.39 is 0 Å². The number of benzene rings is 1. The van der Waals surface area contributed by atoms with Gasteiger partial charge in [-0.1, -0.05) is 11.6 Å². The highest BCUT2D eigenvalue weighted by molar-refractivity contribution is 6.31. The first-order valence-electron chi connectivity index (χ1n) is 9.98. The average Bonchev–Trinajstić information content (AvgIpc) is 2.76. The lowest BCUT2D eigenvalue weighted by Crippen LogP contribution is -2.33. The quantitative estimate of drug-likeness (QED) is 0.659. The van der Waals surface area contributed by atoms with E-state index in [9.17, 15) is 4.79 Å². The SMILES string of the molecule is O=c1c(CN2CCc3nc(C4=NCCCC4)ncc3C2)coc2ccc(Cl)cc12. The predicted octanol–water partition coefficient (Wildman–Crippen LogP) is 3.77. The highest BCUT2D eigenvalue weighted by Crippen LogP contribution is 2.21. The van der Waals surface area contributed by atoms with Gasteiger partial charge in [-0.3, -0.25) is 14.7 Å². The normalized spacial score (nSPS) is 17.2. The minimum Gasteiger partial charge on any atom is -0.464 e. The maximum Gasteiger partial charge on any atom is 0.197 e. The Kier molecular flexibility index (Phi) is 4.89. The minimum absolute atomic E-state index is 0.0264. The highest BCUT2D eigenvalue weighted by Gasteiger charge is 2.21. The highest BCUT2D eigenvalue weighted by atomic mass is 35.5. The predicted molar refractivity (Wildman–Crippen MR) is 113 cm³/mol. The second-order valence-electron chi connectivity index (χ2n) is 7.64. The third-order valence-corrected chi connectivity index (χ3v) is 5.83. The van der Waals surface area contributed by atoms with Crippen molar-refractivity contribution in [3.63, 3.8) is 0 Å². The molecule has 0 aliphatic carbocycles. The fourth-order valence-electron chi connectivity index (χ4n) is 4.02. The first-order valence-corrected chi connectivity index (χ1v) is 10.4. The molecule has 5 rings (SSSR count). The molecule has 1 aromatic carbocycles. The molecule has 2 aliphatic rings. The topological polar surface area (TPSA) is 71.6 Å². The molecule has 0 unspecified atom stereocenters. The number of hydrogen-bond acceptors (Lipinski definition) is 6. The van der Waals surface area contributed by atoms with E-state index in [0.717, 1.165) is 68.1 Å². The van der Waals surface area contributed by atoms with Gasteiger partial charge in [0.2, 0.25) is 0 Å². The van der Waals surface area contributed by atoms with Gasteiger partial charge in [0.1, 0.15) is 5.58 Å². The van der Waals surface area contributed by atoms with Crippen LogP contribution in [0.1, 0.15) is 41.9 Å². The summed E-state index contributed by atoms with van der Waals surface area (Å²) in [5.41, 5.74) is 4.41. The van der Waals surface area contributed by atoms with Crippen molar-refractivity contribution in [3.05, 3.63) is 68.6 Å². The van der Waals surface area contributed by atoms with Gasteiger partial charge in [-0.2, -0.15) is 0 Å². The van der Waals surface area contributed by atoms with E-state index in [-0.39, 0.29) is 5.43 Å². The van der Waals surface area contributed by atoms with Gasteiger partial charge in [-0.25, -0.2) is 9.97 Å². The molecule has 7 heteroatoms. The van der Waals surface area contributed by atoms with Crippen LogP contribution in [0.2, 0.25) is 5.02 Å². The average molecular weight is 409 g/mol. The lowest BCUT2D eigenvalue weighted by molar-refractivity contribution is 0.240. The zero-order valence-corrected chi connectivity index (χ0v) is 16.8. The molecule has 0 N–H and O–H groups in total. The lowest BCUT2D eigenvalue weighted by atomic mass is 10.0. The Labute approximate surface area is 173 Å². The van der Waals surface area contributed by atoms with Gasteiger partial charge in [0.15, 0.2) is 11.3 Å². The maximum atomic E-state index is 12.8. The molecule has 0 spiro atoms. The van der Waals surface area contributed by atoms with E-state index in [2.05, 4.69) is 14.9 Å². The van der Waals surface area contributed by atoms with E-state index in [1.165, 1.54) is 0 Å². The van der Waals surface area contributed by atoms with Crippen LogP contribution in [0.25, 0.3) is 11.0 Å². The molecule has 4 heterocycles. The Balaban J connectivity index is 1.36. The van der Waals surface area contributed by atoms with E-state index in [4.69, 9.17) is 21.0 Å². The van der Waals surface area contributed by atoms with Crippen molar-refractivity contribution in [2.24, 2.45) is 4.99 Å². The van der Waals surface area contributed by atoms with Crippen LogP contribution in [0.15, 0.2) is 44.9 Å². The van der Waals surface area contributed by atoms with Crippen molar-refractivity contribution in [2.45, 2.75) is 38.8 Å². The molecule has 0 fully saturated rings. The third kappa shape index (κ3) is 3.70. The summed E-state index contributed by atoms with van der Waals surface area (Å²) >= 11 is 6.05. The molecule has 6 nitrogen and oxygen atoms in total. The molecule has 0 bridgehead atoms. The van der Waals surface area contributed by atoms with Gasteiger partial charge in [-0.05, 0) is 37.5 Å². The molecule has 3 aromatic rings. The van der Waals surface area contributed by atoms with Crippen LogP contribution in [-0.2, 0) is 19.5 Å². The van der Waals surface area contributed by atoms with Crippen LogP contribution in [-0.4, -0.2) is 33.7 Å². The Morgan fingerprint density at radius 1 is 1.21 bits per heavy atom. The summed E-state index contributed by atoms with van der Waals surface area (Å²) in [5, 5.41) is 1.05. The number of rotatable bonds is 3. The summed E-state index contributed by atoms with van der Waals surface area (Å²) in [6.07, 6.45) is 7.60. The zero-order valence-electron chi connectivity index (χ0n) is 16.0. The van der Waals surface area contributed by atoms with Gasteiger partial charge in [-0.15, -0.1) is 0 Å². The monoisotopic (exact) mass is 408 g/mol. The van der Waals surface area contributed by atoms with E-state index in [1.54, 1.807) is 24.5 Å². The van der Waals surface area contributed by atoms with E-state index in [0.29, 0.717) is 28.1 Å². The largest absolute Gasteiger partial charge is 0.464 e. The third-order valence-electron chi connectivity index (χ3n) is 5.60. The molecular formula is C22H21ClN4O2. The molecule has 0 saturated heterocycles. The van der Waals surface area contributed by atoms with Crippen LogP contribution >= 0.6 is 11.6 Å². The zero-order chi connectivity index (χ0) is 19.8. The number of hydrogen-bond donors (Lipinski definition) is 0. The van der Waals surface area contributed by atoms with Crippen molar-refractivity contribution in [2.75, 3.05) is 13.1 Å².